The summed E-state index contributed by atoms with van der Waals surface area (Å²) in [4.78, 5) is 0. The number of phenols is 1. The molecule has 132 valence electrons. The van der Waals surface area contributed by atoms with Crippen LogP contribution < -0.4 is 20.1 Å². The smallest absolute Gasteiger partial charge is 0.231 e. The van der Waals surface area contributed by atoms with E-state index in [0.29, 0.717) is 29.2 Å². The van der Waals surface area contributed by atoms with E-state index in [1.807, 2.05) is 24.3 Å². The summed E-state index contributed by atoms with van der Waals surface area (Å²) in [5.41, 5.74) is 3.14. The number of nitrogens with two attached hydrogens (primary N) is 1. The van der Waals surface area contributed by atoms with Gasteiger partial charge in [0.15, 0.2) is 11.5 Å². The molecule has 6 nitrogen and oxygen atoms in total. The van der Waals surface area contributed by atoms with Crippen LogP contribution in [-0.2, 0) is 6.42 Å². The highest BCUT2D eigenvalue weighted by Gasteiger charge is 2.18. The lowest BCUT2D eigenvalue weighted by atomic mass is 9.94. The topological polar surface area (TPSA) is 86.3 Å². The van der Waals surface area contributed by atoms with Gasteiger partial charge in [0.2, 0.25) is 6.79 Å². The van der Waals surface area contributed by atoms with E-state index in [0.717, 1.165) is 16.9 Å². The van der Waals surface area contributed by atoms with Crippen molar-refractivity contribution in [3.8, 4) is 23.0 Å². The Labute approximate surface area is 146 Å². The second-order valence-electron chi connectivity index (χ2n) is 6.21. The van der Waals surface area contributed by atoms with E-state index in [-0.39, 0.29) is 18.5 Å². The zero-order chi connectivity index (χ0) is 18.0. The molecule has 1 aliphatic heterocycles. The first-order chi connectivity index (χ1) is 12.0. The van der Waals surface area contributed by atoms with Gasteiger partial charge in [0, 0.05) is 18.1 Å². The normalized spacial score (nSPS) is 13.4. The molecule has 0 saturated heterocycles. The highest BCUT2D eigenvalue weighted by molar-refractivity contribution is 6.04. The van der Waals surface area contributed by atoms with Crippen LogP contribution in [0.5, 0.6) is 23.0 Å². The van der Waals surface area contributed by atoms with Crippen LogP contribution in [0.2, 0.25) is 0 Å². The molecule has 0 aliphatic carbocycles. The van der Waals surface area contributed by atoms with E-state index in [9.17, 15) is 5.11 Å². The molecule has 2 aromatic rings. The number of aromatic hydroxyl groups is 1. The Hall–Kier alpha value is -2.89. The van der Waals surface area contributed by atoms with Gasteiger partial charge in [0.05, 0.1) is 12.8 Å². The third-order valence-electron chi connectivity index (χ3n) is 4.25. The number of benzene rings is 2. The van der Waals surface area contributed by atoms with Crippen LogP contribution in [0.1, 0.15) is 36.5 Å². The Morgan fingerprint density at radius 1 is 1.24 bits per heavy atom. The fourth-order valence-corrected chi connectivity index (χ4v) is 2.90. The first kappa shape index (κ1) is 17.0. The quantitative estimate of drug-likeness (QED) is 0.495. The third-order valence-corrected chi connectivity index (χ3v) is 4.25. The summed E-state index contributed by atoms with van der Waals surface area (Å²) in [5, 5.41) is 14.3. The van der Waals surface area contributed by atoms with E-state index < -0.39 is 0 Å². The lowest BCUT2D eigenvalue weighted by Gasteiger charge is -2.16. The average Bonchev–Trinajstić information content (AvgIpc) is 3.07. The van der Waals surface area contributed by atoms with E-state index >= 15 is 0 Å². The molecular formula is C19H22N2O4. The second-order valence-corrected chi connectivity index (χ2v) is 6.21. The third kappa shape index (κ3) is 3.33. The highest BCUT2D eigenvalue weighted by atomic mass is 16.7. The molecule has 3 N–H and O–H groups in total. The number of rotatable bonds is 5. The van der Waals surface area contributed by atoms with Crippen molar-refractivity contribution in [3.05, 3.63) is 47.0 Å². The first-order valence-corrected chi connectivity index (χ1v) is 8.10. The lowest BCUT2D eigenvalue weighted by molar-refractivity contribution is 0.174. The number of phenolic OH excluding ortho intramolecular Hbond substituents is 1. The summed E-state index contributed by atoms with van der Waals surface area (Å²) in [6.45, 7) is 4.36. The number of nitrogens with zero attached hydrogens (tertiary/aromatic N) is 1. The number of hydrogen-bond acceptors (Lipinski definition) is 6. The van der Waals surface area contributed by atoms with Gasteiger partial charge in [0.1, 0.15) is 11.5 Å². The highest BCUT2D eigenvalue weighted by Crippen LogP contribution is 2.35. The van der Waals surface area contributed by atoms with E-state index in [2.05, 4.69) is 18.9 Å². The van der Waals surface area contributed by atoms with Crippen molar-refractivity contribution in [2.24, 2.45) is 10.9 Å². The van der Waals surface area contributed by atoms with Crippen molar-refractivity contribution in [1.82, 2.24) is 0 Å². The van der Waals surface area contributed by atoms with Gasteiger partial charge in [-0.15, -0.1) is 0 Å². The summed E-state index contributed by atoms with van der Waals surface area (Å²) in [6, 6.07) is 9.19. The SMILES string of the molecule is COc1cc(O)c(C(Cc2ccc3c(c2)OCO3)=NN)cc1C(C)C. The first-order valence-electron chi connectivity index (χ1n) is 8.10. The fraction of sp³-hybridized carbons (Fsp3) is 0.316. The molecule has 0 unspecified atom stereocenters. The summed E-state index contributed by atoms with van der Waals surface area (Å²) >= 11 is 0. The van der Waals surface area contributed by atoms with Crippen LogP contribution in [-0.4, -0.2) is 24.7 Å². The molecule has 0 aromatic heterocycles. The monoisotopic (exact) mass is 342 g/mol. The van der Waals surface area contributed by atoms with E-state index in [1.54, 1.807) is 13.2 Å². The molecule has 0 amide bonds. The van der Waals surface area contributed by atoms with Crippen molar-refractivity contribution in [2.75, 3.05) is 13.9 Å². The zero-order valence-electron chi connectivity index (χ0n) is 14.6. The fourth-order valence-electron chi connectivity index (χ4n) is 2.90. The van der Waals surface area contributed by atoms with Crippen molar-refractivity contribution in [3.63, 3.8) is 0 Å². The minimum atomic E-state index is 0.0891. The standard InChI is InChI=1S/C19H22N2O4/c1-11(2)13-8-14(16(22)9-18(13)23-3)15(21-20)6-12-4-5-17-19(7-12)25-10-24-17/h4-5,7-9,11,22H,6,10,20H2,1-3H3. The van der Waals surface area contributed by atoms with Crippen LogP contribution in [0.3, 0.4) is 0 Å². The zero-order valence-corrected chi connectivity index (χ0v) is 14.6. The van der Waals surface area contributed by atoms with E-state index in [4.69, 9.17) is 20.1 Å². The van der Waals surface area contributed by atoms with Gasteiger partial charge in [-0.2, -0.15) is 5.10 Å². The van der Waals surface area contributed by atoms with Crippen molar-refractivity contribution in [2.45, 2.75) is 26.2 Å². The van der Waals surface area contributed by atoms with Gasteiger partial charge in [0.25, 0.3) is 0 Å². The van der Waals surface area contributed by atoms with Gasteiger partial charge in [-0.25, -0.2) is 0 Å². The molecule has 0 radical (unpaired) electrons. The number of hydrogen-bond donors (Lipinski definition) is 2. The minimum absolute atomic E-state index is 0.0891. The lowest BCUT2D eigenvalue weighted by Crippen LogP contribution is -2.10. The number of hydrazone groups is 1. The molecule has 3 rings (SSSR count). The van der Waals surface area contributed by atoms with Gasteiger partial charge in [-0.3, -0.25) is 0 Å². The molecule has 1 aliphatic rings. The Morgan fingerprint density at radius 2 is 2.00 bits per heavy atom. The predicted molar refractivity (Wildman–Crippen MR) is 95.7 cm³/mol. The van der Waals surface area contributed by atoms with Crippen LogP contribution in [0.15, 0.2) is 35.4 Å². The average molecular weight is 342 g/mol. The minimum Gasteiger partial charge on any atom is -0.507 e. The molecule has 1 heterocycles. The molecule has 6 heteroatoms. The van der Waals surface area contributed by atoms with Crippen molar-refractivity contribution >= 4 is 5.71 Å². The molecule has 0 bridgehead atoms. The maximum atomic E-state index is 10.4. The van der Waals surface area contributed by atoms with Crippen LogP contribution >= 0.6 is 0 Å². The number of ether oxygens (including phenoxy) is 3. The van der Waals surface area contributed by atoms with E-state index in [1.165, 1.54) is 0 Å². The molecule has 0 spiro atoms. The van der Waals surface area contributed by atoms with Crippen molar-refractivity contribution in [1.29, 1.82) is 0 Å². The van der Waals surface area contributed by atoms with Gasteiger partial charge in [-0.05, 0) is 35.2 Å². The summed E-state index contributed by atoms with van der Waals surface area (Å²) in [7, 11) is 1.59. The Morgan fingerprint density at radius 3 is 2.68 bits per heavy atom. The predicted octanol–water partition coefficient (Wildman–Crippen LogP) is 3.16. The number of methoxy groups -OCH3 is 1. The Kier molecular flexibility index (Phi) is 4.70. The molecule has 0 atom stereocenters. The summed E-state index contributed by atoms with van der Waals surface area (Å²) in [5.74, 6) is 8.02. The van der Waals surface area contributed by atoms with Gasteiger partial charge >= 0.3 is 0 Å². The Balaban J connectivity index is 1.95. The molecule has 0 fully saturated rings. The summed E-state index contributed by atoms with van der Waals surface area (Å²) < 4.78 is 16.1. The molecule has 2 aromatic carbocycles. The van der Waals surface area contributed by atoms with Gasteiger partial charge in [-0.1, -0.05) is 19.9 Å². The van der Waals surface area contributed by atoms with Crippen LogP contribution in [0.25, 0.3) is 0 Å². The van der Waals surface area contributed by atoms with Crippen molar-refractivity contribution < 1.29 is 19.3 Å². The van der Waals surface area contributed by atoms with Gasteiger partial charge < -0.3 is 25.2 Å². The van der Waals surface area contributed by atoms with Crippen LogP contribution in [0.4, 0.5) is 0 Å². The maximum Gasteiger partial charge on any atom is 0.231 e. The number of fused-ring (bicyclic) bond motifs is 1. The second kappa shape index (κ2) is 6.93. The Bertz CT molecular complexity index is 815. The summed E-state index contributed by atoms with van der Waals surface area (Å²) in [6.07, 6.45) is 0.463. The maximum absolute atomic E-state index is 10.4. The molecule has 0 saturated carbocycles. The largest absolute Gasteiger partial charge is 0.507 e. The van der Waals surface area contributed by atoms with Crippen LogP contribution in [0, 0.1) is 0 Å². The molecule has 25 heavy (non-hydrogen) atoms. The molecular weight excluding hydrogens is 320 g/mol.